The first kappa shape index (κ1) is 15.7. The van der Waals surface area contributed by atoms with Gasteiger partial charge in [-0.3, -0.25) is 4.79 Å². The monoisotopic (exact) mass is 285 g/mol. The number of carbonyl (C=O) groups is 1. The lowest BCUT2D eigenvalue weighted by Crippen LogP contribution is -2.39. The van der Waals surface area contributed by atoms with Gasteiger partial charge < -0.3 is 4.74 Å². The highest BCUT2D eigenvalue weighted by atomic mass is 32.2. The molecule has 5 nitrogen and oxygen atoms in total. The van der Waals surface area contributed by atoms with E-state index in [0.29, 0.717) is 5.92 Å². The molecule has 0 fully saturated rings. The molecule has 0 saturated carbocycles. The minimum absolute atomic E-state index is 0.132. The van der Waals surface area contributed by atoms with Crippen molar-refractivity contribution < 1.29 is 17.9 Å². The second-order valence-corrected chi connectivity index (χ2v) is 6.30. The molecule has 1 N–H and O–H groups in total. The quantitative estimate of drug-likeness (QED) is 0.835. The van der Waals surface area contributed by atoms with Crippen LogP contribution in [0.2, 0.25) is 0 Å². The van der Waals surface area contributed by atoms with Crippen LogP contribution in [0.25, 0.3) is 0 Å². The van der Waals surface area contributed by atoms with Gasteiger partial charge in [0.1, 0.15) is 6.04 Å². The number of rotatable bonds is 5. The molecular formula is C13H19NO4S. The van der Waals surface area contributed by atoms with Crippen molar-refractivity contribution in [2.75, 3.05) is 7.11 Å². The summed E-state index contributed by atoms with van der Waals surface area (Å²) in [6, 6.07) is 5.67. The molecule has 1 unspecified atom stereocenters. The molecule has 1 aromatic carbocycles. The average Bonchev–Trinajstić information content (AvgIpc) is 2.37. The van der Waals surface area contributed by atoms with Gasteiger partial charge in [-0.15, -0.1) is 0 Å². The van der Waals surface area contributed by atoms with Gasteiger partial charge in [-0.25, -0.2) is 8.42 Å². The van der Waals surface area contributed by atoms with Crippen LogP contribution >= 0.6 is 0 Å². The molecule has 0 saturated heterocycles. The van der Waals surface area contributed by atoms with Gasteiger partial charge in [0.15, 0.2) is 0 Å². The Bertz CT molecular complexity index is 534. The summed E-state index contributed by atoms with van der Waals surface area (Å²) in [6.45, 7) is 5.49. The van der Waals surface area contributed by atoms with Gasteiger partial charge >= 0.3 is 5.97 Å². The van der Waals surface area contributed by atoms with E-state index in [9.17, 15) is 13.2 Å². The Labute approximate surface area is 114 Å². The molecule has 0 aliphatic carbocycles. The number of ether oxygens (including phenoxy) is 1. The minimum Gasteiger partial charge on any atom is -0.468 e. The second kappa shape index (κ2) is 6.16. The highest BCUT2D eigenvalue weighted by Crippen LogP contribution is 2.17. The highest BCUT2D eigenvalue weighted by molar-refractivity contribution is 7.89. The molecule has 0 radical (unpaired) electrons. The average molecular weight is 285 g/mol. The first-order valence-electron chi connectivity index (χ1n) is 5.98. The fourth-order valence-electron chi connectivity index (χ4n) is 1.56. The Balaban J connectivity index is 2.91. The molecule has 0 aromatic heterocycles. The maximum absolute atomic E-state index is 12.0. The van der Waals surface area contributed by atoms with Gasteiger partial charge in [0, 0.05) is 0 Å². The zero-order valence-corrected chi connectivity index (χ0v) is 12.3. The van der Waals surface area contributed by atoms with Gasteiger partial charge in [-0.05, 0) is 30.5 Å². The molecule has 6 heteroatoms. The van der Waals surface area contributed by atoms with E-state index < -0.39 is 22.0 Å². The van der Waals surface area contributed by atoms with Crippen molar-refractivity contribution in [1.82, 2.24) is 4.72 Å². The molecule has 0 amide bonds. The smallest absolute Gasteiger partial charge is 0.323 e. The van der Waals surface area contributed by atoms with Gasteiger partial charge in [0.05, 0.1) is 12.0 Å². The maximum Gasteiger partial charge on any atom is 0.323 e. The summed E-state index contributed by atoms with van der Waals surface area (Å²) in [4.78, 5) is 11.3. The van der Waals surface area contributed by atoms with Crippen molar-refractivity contribution in [3.63, 3.8) is 0 Å². The lowest BCUT2D eigenvalue weighted by molar-refractivity contribution is -0.142. The van der Waals surface area contributed by atoms with Crippen molar-refractivity contribution in [2.24, 2.45) is 0 Å². The molecule has 0 aliphatic heterocycles. The number of carbonyl (C=O) groups excluding carboxylic acids is 1. The molecule has 0 aliphatic rings. The lowest BCUT2D eigenvalue weighted by atomic mass is 10.0. The molecular weight excluding hydrogens is 266 g/mol. The van der Waals surface area contributed by atoms with Crippen molar-refractivity contribution >= 4 is 16.0 Å². The Morgan fingerprint density at radius 1 is 1.16 bits per heavy atom. The number of methoxy groups -OCH3 is 1. The van der Waals surface area contributed by atoms with Crippen LogP contribution in [-0.2, 0) is 19.6 Å². The van der Waals surface area contributed by atoms with Gasteiger partial charge in [-0.1, -0.05) is 26.0 Å². The number of sulfonamides is 1. The number of esters is 1. The third kappa shape index (κ3) is 4.04. The molecule has 1 rings (SSSR count). The Morgan fingerprint density at radius 2 is 1.68 bits per heavy atom. The summed E-state index contributed by atoms with van der Waals surface area (Å²) in [6.07, 6.45) is 0. The zero-order chi connectivity index (χ0) is 14.6. The largest absolute Gasteiger partial charge is 0.468 e. The van der Waals surface area contributed by atoms with Crippen LogP contribution in [0.15, 0.2) is 29.2 Å². The first-order chi connectivity index (χ1) is 8.77. The van der Waals surface area contributed by atoms with Crippen LogP contribution in [0.5, 0.6) is 0 Å². The van der Waals surface area contributed by atoms with Crippen molar-refractivity contribution in [1.29, 1.82) is 0 Å². The molecule has 1 aromatic rings. The third-order valence-electron chi connectivity index (χ3n) is 2.74. The highest BCUT2D eigenvalue weighted by Gasteiger charge is 2.22. The number of benzene rings is 1. The summed E-state index contributed by atoms with van der Waals surface area (Å²) in [7, 11) is -2.50. The van der Waals surface area contributed by atoms with Gasteiger partial charge in [0.25, 0.3) is 0 Å². The van der Waals surface area contributed by atoms with E-state index in [0.717, 1.165) is 5.56 Å². The van der Waals surface area contributed by atoms with Crippen molar-refractivity contribution in [2.45, 2.75) is 37.6 Å². The Hall–Kier alpha value is -1.40. The molecule has 1 atom stereocenters. The zero-order valence-electron chi connectivity index (χ0n) is 11.5. The topological polar surface area (TPSA) is 72.5 Å². The summed E-state index contributed by atoms with van der Waals surface area (Å²) in [5, 5.41) is 0. The van der Waals surface area contributed by atoms with E-state index in [1.807, 2.05) is 13.8 Å². The molecule has 19 heavy (non-hydrogen) atoms. The second-order valence-electron chi connectivity index (χ2n) is 4.59. The van der Waals surface area contributed by atoms with Crippen LogP contribution in [-0.4, -0.2) is 27.5 Å². The standard InChI is InChI=1S/C13H19NO4S/c1-9(2)11-5-7-12(8-6-11)19(16,17)14-10(3)13(15)18-4/h5-10,14H,1-4H3. The van der Waals surface area contributed by atoms with Crippen LogP contribution in [0.1, 0.15) is 32.3 Å². The molecule has 0 heterocycles. The van der Waals surface area contributed by atoms with E-state index in [1.54, 1.807) is 12.1 Å². The van der Waals surface area contributed by atoms with Crippen LogP contribution < -0.4 is 4.72 Å². The van der Waals surface area contributed by atoms with E-state index >= 15 is 0 Å². The molecule has 106 valence electrons. The Kier molecular flexibility index (Phi) is 5.08. The van der Waals surface area contributed by atoms with Crippen molar-refractivity contribution in [3.8, 4) is 0 Å². The normalized spacial score (nSPS) is 13.3. The van der Waals surface area contributed by atoms with Crippen molar-refractivity contribution in [3.05, 3.63) is 29.8 Å². The summed E-state index contributed by atoms with van der Waals surface area (Å²) >= 11 is 0. The number of hydrogen-bond acceptors (Lipinski definition) is 4. The summed E-state index contributed by atoms with van der Waals surface area (Å²) in [5.74, 6) is -0.291. The molecule has 0 bridgehead atoms. The summed E-state index contributed by atoms with van der Waals surface area (Å²) in [5.41, 5.74) is 1.06. The van der Waals surface area contributed by atoms with E-state index in [1.165, 1.54) is 26.2 Å². The van der Waals surface area contributed by atoms with Gasteiger partial charge in [0.2, 0.25) is 10.0 Å². The van der Waals surface area contributed by atoms with E-state index in [2.05, 4.69) is 9.46 Å². The maximum atomic E-state index is 12.0. The summed E-state index contributed by atoms with van der Waals surface area (Å²) < 4.78 is 30.8. The predicted octanol–water partition coefficient (Wildman–Crippen LogP) is 1.65. The van der Waals surface area contributed by atoms with Crippen LogP contribution in [0.4, 0.5) is 0 Å². The Morgan fingerprint density at radius 3 is 2.11 bits per heavy atom. The molecule has 0 spiro atoms. The van der Waals surface area contributed by atoms with E-state index in [4.69, 9.17) is 0 Å². The van der Waals surface area contributed by atoms with E-state index in [-0.39, 0.29) is 4.90 Å². The van der Waals surface area contributed by atoms with Crippen LogP contribution in [0, 0.1) is 0 Å². The fraction of sp³-hybridized carbons (Fsp3) is 0.462. The van der Waals surface area contributed by atoms with Gasteiger partial charge in [-0.2, -0.15) is 4.72 Å². The third-order valence-corrected chi connectivity index (χ3v) is 4.30. The minimum atomic E-state index is -3.71. The van der Waals surface area contributed by atoms with Crippen LogP contribution in [0.3, 0.4) is 0 Å². The lowest BCUT2D eigenvalue weighted by Gasteiger charge is -2.13. The first-order valence-corrected chi connectivity index (χ1v) is 7.46. The predicted molar refractivity (Wildman–Crippen MR) is 72.3 cm³/mol. The SMILES string of the molecule is COC(=O)C(C)NS(=O)(=O)c1ccc(C(C)C)cc1. The number of nitrogens with one attached hydrogen (secondary N) is 1. The number of hydrogen-bond donors (Lipinski definition) is 1. The fourth-order valence-corrected chi connectivity index (χ4v) is 2.75.